The molecule has 3 aliphatic heterocycles. The quantitative estimate of drug-likeness (QED) is 0.599. The van der Waals surface area contributed by atoms with Crippen LogP contribution in [0.5, 0.6) is 5.75 Å². The number of para-hydroxylation sites is 1. The van der Waals surface area contributed by atoms with Gasteiger partial charge in [0.2, 0.25) is 0 Å². The van der Waals surface area contributed by atoms with E-state index in [4.69, 9.17) is 9.84 Å². The molecule has 0 unspecified atom stereocenters. The smallest absolute Gasteiger partial charge is 0.314 e. The zero-order chi connectivity index (χ0) is 20.8. The Kier molecular flexibility index (Phi) is 4.14. The van der Waals surface area contributed by atoms with Crippen LogP contribution in [0, 0.1) is 0 Å². The number of benzene rings is 3. The molecular formula is C25H19N3O2S. The van der Waals surface area contributed by atoms with Gasteiger partial charge in [-0.3, -0.25) is 10.1 Å². The number of hydrazone groups is 1. The first-order valence-electron chi connectivity index (χ1n) is 10.2. The van der Waals surface area contributed by atoms with Gasteiger partial charge in [0.15, 0.2) is 0 Å². The van der Waals surface area contributed by atoms with Crippen LogP contribution in [-0.2, 0) is 0 Å². The molecule has 1 saturated heterocycles. The maximum absolute atomic E-state index is 12.6. The lowest BCUT2D eigenvalue weighted by Crippen LogP contribution is -2.61. The van der Waals surface area contributed by atoms with Gasteiger partial charge in [-0.25, -0.2) is 5.01 Å². The molecule has 6 rings (SSSR count). The molecule has 3 aromatic carbocycles. The van der Waals surface area contributed by atoms with Crippen LogP contribution < -0.4 is 10.1 Å². The van der Waals surface area contributed by atoms with Gasteiger partial charge in [0.25, 0.3) is 5.24 Å². The van der Waals surface area contributed by atoms with Crippen molar-refractivity contribution in [2.24, 2.45) is 5.10 Å². The molecule has 2 atom stereocenters. The molecule has 31 heavy (non-hydrogen) atoms. The Balaban J connectivity index is 1.52. The minimum atomic E-state index is -1.16. The molecule has 1 N–H and O–H groups in total. The summed E-state index contributed by atoms with van der Waals surface area (Å²) >= 11 is 1.16. The van der Waals surface area contributed by atoms with Gasteiger partial charge in [0, 0.05) is 12.0 Å². The molecule has 0 radical (unpaired) electrons. The van der Waals surface area contributed by atoms with Gasteiger partial charge in [-0.15, -0.1) is 0 Å². The van der Waals surface area contributed by atoms with E-state index in [1.54, 1.807) is 0 Å². The summed E-state index contributed by atoms with van der Waals surface area (Å²) in [6, 6.07) is 28.1. The second-order valence-corrected chi connectivity index (χ2v) is 8.71. The van der Waals surface area contributed by atoms with Crippen LogP contribution in [0.4, 0.5) is 4.79 Å². The zero-order valence-corrected chi connectivity index (χ0v) is 17.4. The fraction of sp³-hybridized carbons (Fsp3) is 0.120. The standard InChI is InChI=1S/C25H19N3O2S/c29-24-26-25(23(31-24)15-17-9-3-1-4-10-17)28-21(19-13-7-8-14-22(19)30-25)16-20(27-28)18-11-5-2-6-12-18/h1-15,21H,16H2,(H,26,29)/b23-15-/t21-,25+/m0/s1. The highest BCUT2D eigenvalue weighted by molar-refractivity contribution is 8.17. The van der Waals surface area contributed by atoms with Crippen molar-refractivity contribution >= 4 is 28.8 Å². The lowest BCUT2D eigenvalue weighted by molar-refractivity contribution is -0.0949. The van der Waals surface area contributed by atoms with E-state index >= 15 is 0 Å². The summed E-state index contributed by atoms with van der Waals surface area (Å²) in [6.45, 7) is 0. The van der Waals surface area contributed by atoms with Crippen molar-refractivity contribution in [2.45, 2.75) is 18.3 Å². The number of hydrogen-bond acceptors (Lipinski definition) is 5. The molecule has 1 fully saturated rings. The Morgan fingerprint density at radius 1 is 1.00 bits per heavy atom. The molecule has 152 valence electrons. The molecule has 3 heterocycles. The molecule has 0 aromatic heterocycles. The number of carbonyl (C=O) groups is 1. The topological polar surface area (TPSA) is 53.9 Å². The minimum absolute atomic E-state index is 0.0293. The van der Waals surface area contributed by atoms with E-state index in [1.165, 1.54) is 0 Å². The van der Waals surface area contributed by atoms with Gasteiger partial charge in [0.1, 0.15) is 5.75 Å². The fourth-order valence-electron chi connectivity index (χ4n) is 4.37. The van der Waals surface area contributed by atoms with Gasteiger partial charge in [0.05, 0.1) is 16.7 Å². The van der Waals surface area contributed by atoms with Crippen LogP contribution in [-0.4, -0.2) is 21.8 Å². The fourth-order valence-corrected chi connectivity index (χ4v) is 5.28. The first kappa shape index (κ1) is 18.3. The average Bonchev–Trinajstić information content (AvgIpc) is 3.38. The molecule has 3 aliphatic rings. The van der Waals surface area contributed by atoms with E-state index in [0.717, 1.165) is 51.2 Å². The molecule has 6 heteroatoms. The summed E-state index contributed by atoms with van der Waals surface area (Å²) in [5.41, 5.74) is 4.14. The van der Waals surface area contributed by atoms with E-state index in [0.29, 0.717) is 0 Å². The van der Waals surface area contributed by atoms with Crippen LogP contribution in [0.3, 0.4) is 0 Å². The van der Waals surface area contributed by atoms with Gasteiger partial charge in [-0.05, 0) is 35.0 Å². The van der Waals surface area contributed by atoms with Gasteiger partial charge in [-0.1, -0.05) is 78.9 Å². The van der Waals surface area contributed by atoms with Crippen molar-refractivity contribution < 1.29 is 9.53 Å². The second kappa shape index (κ2) is 7.03. The van der Waals surface area contributed by atoms with Crippen molar-refractivity contribution in [3.63, 3.8) is 0 Å². The number of amides is 1. The third-order valence-corrected chi connectivity index (χ3v) is 6.68. The Morgan fingerprint density at radius 2 is 1.71 bits per heavy atom. The highest BCUT2D eigenvalue weighted by Gasteiger charge is 2.58. The van der Waals surface area contributed by atoms with Crippen molar-refractivity contribution in [1.82, 2.24) is 10.3 Å². The first-order valence-corrected chi connectivity index (χ1v) is 11.0. The van der Waals surface area contributed by atoms with E-state index in [2.05, 4.69) is 23.5 Å². The van der Waals surface area contributed by atoms with Crippen LogP contribution >= 0.6 is 11.8 Å². The summed E-state index contributed by atoms with van der Waals surface area (Å²) < 4.78 is 6.53. The molecular weight excluding hydrogens is 406 g/mol. The van der Waals surface area contributed by atoms with Crippen LogP contribution in [0.25, 0.3) is 6.08 Å². The highest BCUT2D eigenvalue weighted by atomic mass is 32.2. The number of thioether (sulfide) groups is 1. The molecule has 1 amide bonds. The molecule has 0 saturated carbocycles. The summed E-state index contributed by atoms with van der Waals surface area (Å²) in [6.07, 6.45) is 2.74. The number of carbonyl (C=O) groups excluding carboxylic acids is 1. The third-order valence-electron chi connectivity index (χ3n) is 5.78. The Labute approximate surface area is 184 Å². The van der Waals surface area contributed by atoms with Crippen molar-refractivity contribution in [2.75, 3.05) is 0 Å². The number of ether oxygens (including phenoxy) is 1. The van der Waals surface area contributed by atoms with E-state index in [-0.39, 0.29) is 11.3 Å². The Morgan fingerprint density at radius 3 is 2.52 bits per heavy atom. The van der Waals surface area contributed by atoms with E-state index < -0.39 is 5.85 Å². The number of fused-ring (bicyclic) bond motifs is 4. The van der Waals surface area contributed by atoms with Crippen molar-refractivity contribution in [3.8, 4) is 5.75 Å². The highest BCUT2D eigenvalue weighted by Crippen LogP contribution is 2.52. The molecule has 1 spiro atoms. The number of nitrogens with one attached hydrogen (secondary N) is 1. The van der Waals surface area contributed by atoms with Crippen LogP contribution in [0.1, 0.15) is 29.2 Å². The molecule has 5 nitrogen and oxygen atoms in total. The SMILES string of the molecule is O=C1N[C@]2(Oc3ccccc3[C@@H]3CC(c4ccccc4)=NN32)/C(=C/c2ccccc2)S1. The third kappa shape index (κ3) is 2.94. The second-order valence-electron chi connectivity index (χ2n) is 7.69. The molecule has 0 bridgehead atoms. The monoisotopic (exact) mass is 425 g/mol. The van der Waals surface area contributed by atoms with Crippen LogP contribution in [0.15, 0.2) is 94.9 Å². The predicted octanol–water partition coefficient (Wildman–Crippen LogP) is 5.38. The predicted molar refractivity (Wildman–Crippen MR) is 123 cm³/mol. The van der Waals surface area contributed by atoms with E-state index in [9.17, 15) is 4.79 Å². The maximum Gasteiger partial charge on any atom is 0.314 e. The summed E-state index contributed by atoms with van der Waals surface area (Å²) in [5, 5.41) is 9.86. The first-order chi connectivity index (χ1) is 15.2. The Bertz CT molecular complexity index is 1230. The number of nitrogens with zero attached hydrogens (tertiary/aromatic N) is 2. The van der Waals surface area contributed by atoms with Crippen molar-refractivity contribution in [1.29, 1.82) is 0 Å². The van der Waals surface area contributed by atoms with Crippen molar-refractivity contribution in [3.05, 3.63) is 107 Å². The minimum Gasteiger partial charge on any atom is -0.444 e. The van der Waals surface area contributed by atoms with Gasteiger partial charge >= 0.3 is 5.85 Å². The summed E-state index contributed by atoms with van der Waals surface area (Å²) in [4.78, 5) is 13.4. The average molecular weight is 426 g/mol. The number of rotatable bonds is 2. The normalized spacial score (nSPS) is 25.1. The lowest BCUT2D eigenvalue weighted by atomic mass is 9.95. The maximum atomic E-state index is 12.6. The largest absolute Gasteiger partial charge is 0.444 e. The van der Waals surface area contributed by atoms with Gasteiger partial charge < -0.3 is 4.74 Å². The zero-order valence-electron chi connectivity index (χ0n) is 16.6. The molecule has 3 aromatic rings. The summed E-state index contributed by atoms with van der Waals surface area (Å²) in [7, 11) is 0. The molecule has 0 aliphatic carbocycles. The number of hydrogen-bond donors (Lipinski definition) is 1. The van der Waals surface area contributed by atoms with Gasteiger partial charge in [-0.2, -0.15) is 5.10 Å². The van der Waals surface area contributed by atoms with E-state index in [1.807, 2.05) is 77.8 Å². The summed E-state index contributed by atoms with van der Waals surface area (Å²) in [5.74, 6) is -0.386. The lowest BCUT2D eigenvalue weighted by Gasteiger charge is -2.45. The van der Waals surface area contributed by atoms with Crippen LogP contribution in [0.2, 0.25) is 0 Å². The Hall–Kier alpha value is -3.51.